The molecule has 1 saturated carbocycles. The molecule has 0 saturated heterocycles. The highest BCUT2D eigenvalue weighted by molar-refractivity contribution is 7.15. The first-order chi connectivity index (χ1) is 5.79. The molecule has 4 heteroatoms. The highest BCUT2D eigenvalue weighted by Crippen LogP contribution is 2.33. The lowest BCUT2D eigenvalue weighted by Crippen LogP contribution is -2.05. The Balaban J connectivity index is 1.89. The Hall–Kier alpha value is -0.610. The first-order valence-electron chi connectivity index (χ1n) is 4.09. The minimum atomic E-state index is 0.294. The molecule has 1 aliphatic carbocycles. The van der Waals surface area contributed by atoms with Gasteiger partial charge in [0.2, 0.25) is 0 Å². The van der Waals surface area contributed by atoms with Gasteiger partial charge >= 0.3 is 0 Å². The van der Waals surface area contributed by atoms with Crippen molar-refractivity contribution in [2.75, 3.05) is 11.9 Å². The quantitative estimate of drug-likeness (QED) is 0.743. The predicted octanol–water partition coefficient (Wildman–Crippen LogP) is 1.24. The topological polar surface area (TPSA) is 45.2 Å². The van der Waals surface area contributed by atoms with E-state index in [1.54, 1.807) is 11.3 Å². The zero-order chi connectivity index (χ0) is 8.55. The molecule has 0 amide bonds. The van der Waals surface area contributed by atoms with E-state index in [9.17, 15) is 0 Å². The molecular weight excluding hydrogens is 172 g/mol. The van der Waals surface area contributed by atoms with Crippen LogP contribution in [0.15, 0.2) is 6.20 Å². The number of nitrogens with zero attached hydrogens (tertiary/aromatic N) is 1. The van der Waals surface area contributed by atoms with Gasteiger partial charge in [0.05, 0.1) is 0 Å². The molecule has 1 heterocycles. The Morgan fingerprint density at radius 2 is 2.67 bits per heavy atom. The van der Waals surface area contributed by atoms with Gasteiger partial charge in [0.1, 0.15) is 0 Å². The van der Waals surface area contributed by atoms with Crippen LogP contribution in [0.25, 0.3) is 0 Å². The van der Waals surface area contributed by atoms with E-state index >= 15 is 0 Å². The highest BCUT2D eigenvalue weighted by atomic mass is 32.1. The number of thiazole rings is 1. The van der Waals surface area contributed by atoms with Crippen LogP contribution >= 0.6 is 11.3 Å². The molecule has 12 heavy (non-hydrogen) atoms. The van der Waals surface area contributed by atoms with Crippen molar-refractivity contribution in [2.45, 2.75) is 19.4 Å². The monoisotopic (exact) mass is 184 g/mol. The van der Waals surface area contributed by atoms with Gasteiger partial charge in [-0.25, -0.2) is 4.98 Å². The standard InChI is InChI=1S/C8H12N2OS/c1-5-3-9-8(12-5)10-7-2-6(7)4-11/h3,6-7,11H,2,4H2,1H3,(H,9,10)/t6-,7+/m0/s1. The number of rotatable bonds is 3. The minimum Gasteiger partial charge on any atom is -0.396 e. The Bertz CT molecular complexity index is 274. The number of anilines is 1. The van der Waals surface area contributed by atoms with Crippen molar-refractivity contribution in [3.8, 4) is 0 Å². The molecular formula is C8H12N2OS. The number of hydrogen-bond donors (Lipinski definition) is 2. The van der Waals surface area contributed by atoms with Crippen molar-refractivity contribution < 1.29 is 5.11 Å². The average Bonchev–Trinajstić information content (AvgIpc) is 2.67. The van der Waals surface area contributed by atoms with Gasteiger partial charge in [-0.1, -0.05) is 0 Å². The summed E-state index contributed by atoms with van der Waals surface area (Å²) >= 11 is 1.66. The van der Waals surface area contributed by atoms with Gasteiger partial charge in [-0.2, -0.15) is 0 Å². The largest absolute Gasteiger partial charge is 0.396 e. The maximum atomic E-state index is 8.80. The van der Waals surface area contributed by atoms with E-state index < -0.39 is 0 Å². The Labute approximate surface area is 75.5 Å². The van der Waals surface area contributed by atoms with Gasteiger partial charge in [-0.15, -0.1) is 11.3 Å². The summed E-state index contributed by atoms with van der Waals surface area (Å²) in [6.07, 6.45) is 2.94. The third kappa shape index (κ3) is 1.59. The zero-order valence-corrected chi connectivity index (χ0v) is 7.77. The molecule has 0 spiro atoms. The fraction of sp³-hybridized carbons (Fsp3) is 0.625. The molecule has 1 fully saturated rings. The van der Waals surface area contributed by atoms with Crippen molar-refractivity contribution in [1.82, 2.24) is 4.98 Å². The lowest BCUT2D eigenvalue weighted by Gasteiger charge is -1.98. The van der Waals surface area contributed by atoms with E-state index in [0.717, 1.165) is 11.6 Å². The molecule has 0 aliphatic heterocycles. The van der Waals surface area contributed by atoms with E-state index in [1.165, 1.54) is 4.88 Å². The summed E-state index contributed by atoms with van der Waals surface area (Å²) in [6.45, 7) is 2.33. The molecule has 66 valence electrons. The van der Waals surface area contributed by atoms with Gasteiger partial charge in [0, 0.05) is 29.6 Å². The summed E-state index contributed by atoms with van der Waals surface area (Å²) < 4.78 is 0. The fourth-order valence-electron chi connectivity index (χ4n) is 1.21. The molecule has 0 radical (unpaired) electrons. The van der Waals surface area contributed by atoms with Crippen molar-refractivity contribution in [2.24, 2.45) is 5.92 Å². The van der Waals surface area contributed by atoms with Crippen molar-refractivity contribution in [3.63, 3.8) is 0 Å². The number of aromatic nitrogens is 1. The second-order valence-corrected chi connectivity index (χ2v) is 4.44. The van der Waals surface area contributed by atoms with Crippen molar-refractivity contribution in [3.05, 3.63) is 11.1 Å². The summed E-state index contributed by atoms with van der Waals surface area (Å²) in [5.74, 6) is 0.453. The molecule has 1 aliphatic rings. The van der Waals surface area contributed by atoms with Crippen LogP contribution in [0.1, 0.15) is 11.3 Å². The lowest BCUT2D eigenvalue weighted by atomic mass is 10.4. The van der Waals surface area contributed by atoms with Crippen LogP contribution in [0, 0.1) is 12.8 Å². The van der Waals surface area contributed by atoms with Crippen LogP contribution < -0.4 is 5.32 Å². The van der Waals surface area contributed by atoms with Gasteiger partial charge in [0.15, 0.2) is 5.13 Å². The maximum absolute atomic E-state index is 8.80. The molecule has 3 nitrogen and oxygen atoms in total. The maximum Gasteiger partial charge on any atom is 0.183 e. The molecule has 0 unspecified atom stereocenters. The molecule has 0 bridgehead atoms. The van der Waals surface area contributed by atoms with E-state index in [4.69, 9.17) is 5.11 Å². The van der Waals surface area contributed by atoms with E-state index in [-0.39, 0.29) is 0 Å². The number of aliphatic hydroxyl groups excluding tert-OH is 1. The molecule has 1 aromatic rings. The van der Waals surface area contributed by atoms with Crippen molar-refractivity contribution >= 4 is 16.5 Å². The Kier molecular flexibility index (Phi) is 2.02. The van der Waals surface area contributed by atoms with Gasteiger partial charge in [-0.05, 0) is 13.3 Å². The predicted molar refractivity (Wildman–Crippen MR) is 49.5 cm³/mol. The van der Waals surface area contributed by atoms with Gasteiger partial charge < -0.3 is 10.4 Å². The zero-order valence-electron chi connectivity index (χ0n) is 6.95. The molecule has 1 aromatic heterocycles. The second kappa shape index (κ2) is 3.03. The fourth-order valence-corrected chi connectivity index (χ4v) is 1.93. The normalized spacial score (nSPS) is 27.2. The van der Waals surface area contributed by atoms with Gasteiger partial charge in [0.25, 0.3) is 0 Å². The summed E-state index contributed by atoms with van der Waals surface area (Å²) in [5.41, 5.74) is 0. The van der Waals surface area contributed by atoms with E-state index in [0.29, 0.717) is 18.6 Å². The smallest absolute Gasteiger partial charge is 0.183 e. The van der Waals surface area contributed by atoms with Crippen LogP contribution in [0.2, 0.25) is 0 Å². The van der Waals surface area contributed by atoms with Crippen LogP contribution in [0.5, 0.6) is 0 Å². The van der Waals surface area contributed by atoms with Crippen LogP contribution in [0.3, 0.4) is 0 Å². The van der Waals surface area contributed by atoms with Crippen LogP contribution in [0.4, 0.5) is 5.13 Å². The minimum absolute atomic E-state index is 0.294. The molecule has 2 N–H and O–H groups in total. The summed E-state index contributed by atoms with van der Waals surface area (Å²) in [7, 11) is 0. The number of aliphatic hydroxyl groups is 1. The van der Waals surface area contributed by atoms with Crippen molar-refractivity contribution in [1.29, 1.82) is 0 Å². The number of aryl methyl sites for hydroxylation is 1. The molecule has 2 atom stereocenters. The first-order valence-corrected chi connectivity index (χ1v) is 4.91. The Morgan fingerprint density at radius 3 is 3.17 bits per heavy atom. The van der Waals surface area contributed by atoms with Crippen LogP contribution in [-0.2, 0) is 0 Å². The summed E-state index contributed by atoms with van der Waals surface area (Å²) in [5, 5.41) is 13.1. The third-order valence-electron chi connectivity index (χ3n) is 2.09. The molecule has 2 rings (SSSR count). The summed E-state index contributed by atoms with van der Waals surface area (Å²) in [4.78, 5) is 5.41. The van der Waals surface area contributed by atoms with E-state index in [1.807, 2.05) is 13.1 Å². The lowest BCUT2D eigenvalue weighted by molar-refractivity contribution is 0.275. The third-order valence-corrected chi connectivity index (χ3v) is 2.93. The first kappa shape index (κ1) is 8.01. The number of nitrogens with one attached hydrogen (secondary N) is 1. The molecule has 0 aromatic carbocycles. The van der Waals surface area contributed by atoms with E-state index in [2.05, 4.69) is 10.3 Å². The average molecular weight is 184 g/mol. The summed E-state index contributed by atoms with van der Waals surface area (Å²) in [6, 6.07) is 0.459. The van der Waals surface area contributed by atoms with Gasteiger partial charge in [-0.3, -0.25) is 0 Å². The second-order valence-electron chi connectivity index (χ2n) is 3.21. The Morgan fingerprint density at radius 1 is 1.83 bits per heavy atom. The SMILES string of the molecule is Cc1cnc(N[C@@H]2C[C@H]2CO)s1. The number of hydrogen-bond acceptors (Lipinski definition) is 4. The highest BCUT2D eigenvalue weighted by Gasteiger charge is 2.36. The van der Waals surface area contributed by atoms with Crippen LogP contribution in [-0.4, -0.2) is 22.7 Å².